The van der Waals surface area contributed by atoms with Crippen molar-refractivity contribution in [2.45, 2.75) is 13.5 Å². The minimum absolute atomic E-state index is 0.0195. The maximum absolute atomic E-state index is 14.2. The number of hydrogen-bond acceptors (Lipinski definition) is 3. The highest BCUT2D eigenvalue weighted by Gasteiger charge is 2.37. The lowest BCUT2D eigenvalue weighted by molar-refractivity contribution is -0.114. The van der Waals surface area contributed by atoms with Gasteiger partial charge in [-0.3, -0.25) is 4.79 Å². The number of hydrogen-bond donors (Lipinski definition) is 0. The van der Waals surface area contributed by atoms with Crippen LogP contribution in [0.5, 0.6) is 0 Å². The summed E-state index contributed by atoms with van der Waals surface area (Å²) >= 11 is 0. The monoisotopic (exact) mass is 430 g/mol. The molecule has 1 aliphatic heterocycles. The summed E-state index contributed by atoms with van der Waals surface area (Å²) in [6, 6.07) is 9.06. The van der Waals surface area contributed by atoms with Crippen molar-refractivity contribution < 1.29 is 26.7 Å². The second-order valence-electron chi connectivity index (χ2n) is 6.67. The molecule has 0 unspecified atom stereocenters. The van der Waals surface area contributed by atoms with Gasteiger partial charge in [0.2, 0.25) is 5.82 Å². The van der Waals surface area contributed by atoms with Crippen LogP contribution in [0.15, 0.2) is 41.1 Å². The molecule has 0 saturated heterocycles. The highest BCUT2D eigenvalue weighted by Crippen LogP contribution is 2.34. The van der Waals surface area contributed by atoms with Gasteiger partial charge in [-0.15, -0.1) is 0 Å². The Bertz CT molecular complexity index is 1340. The lowest BCUT2D eigenvalue weighted by Crippen LogP contribution is -2.25. The van der Waals surface area contributed by atoms with Gasteiger partial charge >= 0.3 is 0 Å². The first-order valence-electron chi connectivity index (χ1n) is 8.84. The Hall–Kier alpha value is -4.00. The number of halogens is 5. The van der Waals surface area contributed by atoms with E-state index >= 15 is 0 Å². The molecule has 0 fully saturated rings. The fourth-order valence-corrected chi connectivity index (χ4v) is 3.37. The van der Waals surface area contributed by atoms with Crippen molar-refractivity contribution in [3.05, 3.63) is 70.7 Å². The molecule has 1 amide bonds. The van der Waals surface area contributed by atoms with Crippen molar-refractivity contribution in [1.29, 1.82) is 5.26 Å². The van der Waals surface area contributed by atoms with Crippen LogP contribution in [0.4, 0.5) is 27.6 Å². The van der Waals surface area contributed by atoms with E-state index in [4.69, 9.17) is 5.26 Å². The van der Waals surface area contributed by atoms with E-state index in [1.165, 1.54) is 13.0 Å². The third kappa shape index (κ3) is 3.06. The number of carbonyl (C=O) groups is 1. The molecule has 4 rings (SSSR count). The minimum Gasteiger partial charge on any atom is -0.333 e. The summed E-state index contributed by atoms with van der Waals surface area (Å²) in [6.07, 6.45) is 3.01. The average Bonchev–Trinajstić information content (AvgIpc) is 3.24. The van der Waals surface area contributed by atoms with Crippen LogP contribution in [-0.2, 0) is 11.3 Å². The number of fused-ring (bicyclic) bond motifs is 1. The van der Waals surface area contributed by atoms with E-state index < -0.39 is 40.7 Å². The van der Waals surface area contributed by atoms with E-state index in [-0.39, 0.29) is 22.8 Å². The van der Waals surface area contributed by atoms with Gasteiger partial charge in [0.05, 0.1) is 17.4 Å². The van der Waals surface area contributed by atoms with Gasteiger partial charge in [0, 0.05) is 22.7 Å². The first-order chi connectivity index (χ1) is 14.8. The summed E-state index contributed by atoms with van der Waals surface area (Å²) in [5, 5.41) is 13.6. The highest BCUT2D eigenvalue weighted by atomic mass is 19.2. The Morgan fingerprint density at radius 1 is 1.03 bits per heavy atom. The molecule has 0 radical (unpaired) electrons. The number of hydrazone groups is 1. The van der Waals surface area contributed by atoms with E-state index in [1.54, 1.807) is 35.0 Å². The van der Waals surface area contributed by atoms with Crippen molar-refractivity contribution in [2.75, 3.05) is 5.01 Å². The Morgan fingerprint density at radius 3 is 2.29 bits per heavy atom. The minimum atomic E-state index is -2.33. The zero-order valence-electron chi connectivity index (χ0n) is 15.8. The zero-order chi connectivity index (χ0) is 22.4. The zero-order valence-corrected chi connectivity index (χ0v) is 15.8. The molecule has 2 aromatic carbocycles. The number of aromatic nitrogens is 1. The van der Waals surface area contributed by atoms with E-state index in [0.29, 0.717) is 16.5 Å². The molecule has 3 aromatic rings. The summed E-state index contributed by atoms with van der Waals surface area (Å²) < 4.78 is 70.5. The fraction of sp³-hybridized carbons (Fsp3) is 0.0952. The molecule has 2 heterocycles. The van der Waals surface area contributed by atoms with Crippen LogP contribution in [0.1, 0.15) is 12.5 Å². The van der Waals surface area contributed by atoms with Gasteiger partial charge in [-0.2, -0.15) is 15.4 Å². The van der Waals surface area contributed by atoms with Gasteiger partial charge in [0.1, 0.15) is 12.2 Å². The second kappa shape index (κ2) is 7.36. The predicted octanol–water partition coefficient (Wildman–Crippen LogP) is 4.67. The number of para-hydroxylation sites is 1. The van der Waals surface area contributed by atoms with E-state index in [9.17, 15) is 26.7 Å². The average molecular weight is 430 g/mol. The first-order valence-corrected chi connectivity index (χ1v) is 8.84. The van der Waals surface area contributed by atoms with Crippen LogP contribution >= 0.6 is 0 Å². The summed E-state index contributed by atoms with van der Waals surface area (Å²) in [6.45, 7) is 1.41. The molecule has 0 spiro atoms. The summed E-state index contributed by atoms with van der Waals surface area (Å²) in [7, 11) is 0. The lowest BCUT2D eigenvalue weighted by Gasteiger charge is -2.15. The largest absolute Gasteiger partial charge is 0.333 e. The number of anilines is 1. The molecule has 1 aromatic heterocycles. The number of nitriles is 1. The van der Waals surface area contributed by atoms with Crippen LogP contribution in [-0.4, -0.2) is 16.2 Å². The van der Waals surface area contributed by atoms with Crippen molar-refractivity contribution in [3.8, 4) is 6.07 Å². The number of amides is 1. The first kappa shape index (κ1) is 20.3. The number of benzene rings is 2. The molecule has 0 bridgehead atoms. The van der Waals surface area contributed by atoms with E-state index in [2.05, 4.69) is 5.10 Å². The molecule has 0 aliphatic carbocycles. The molecular formula is C21H11F5N4O. The molecule has 156 valence electrons. The third-order valence-corrected chi connectivity index (χ3v) is 4.82. The Labute approximate surface area is 171 Å². The number of nitrogens with zero attached hydrogens (tertiary/aromatic N) is 4. The van der Waals surface area contributed by atoms with E-state index in [0.717, 1.165) is 0 Å². The van der Waals surface area contributed by atoms with Crippen molar-refractivity contribution in [1.82, 2.24) is 4.57 Å². The maximum Gasteiger partial charge on any atom is 0.280 e. The molecular weight excluding hydrogens is 419 g/mol. The predicted molar refractivity (Wildman–Crippen MR) is 102 cm³/mol. The molecule has 0 atom stereocenters. The standard InChI is InChI=1S/C21H11F5N4O/c1-10-13(8-11-9-29(7-6-27)14-5-3-2-4-12(11)14)21(31)30(28-10)20-18(25)16(23)15(22)17(24)19(20)26/h2-5,8-9H,7H2,1H3/b13-8-. The maximum atomic E-state index is 14.2. The van der Waals surface area contributed by atoms with Gasteiger partial charge in [0.15, 0.2) is 23.3 Å². The quantitative estimate of drug-likeness (QED) is 0.263. The summed E-state index contributed by atoms with van der Waals surface area (Å²) in [5.74, 6) is -12.1. The van der Waals surface area contributed by atoms with Gasteiger partial charge in [-0.1, -0.05) is 18.2 Å². The molecule has 5 nitrogen and oxygen atoms in total. The summed E-state index contributed by atoms with van der Waals surface area (Å²) in [4.78, 5) is 12.8. The molecule has 31 heavy (non-hydrogen) atoms. The van der Waals surface area contributed by atoms with E-state index in [1.807, 2.05) is 6.07 Å². The SMILES string of the molecule is CC1=NN(c2c(F)c(F)c(F)c(F)c2F)C(=O)/C1=C\c1cn(CC#N)c2ccccc12. The van der Waals surface area contributed by atoms with Gasteiger partial charge in [0.25, 0.3) is 5.91 Å². The Morgan fingerprint density at radius 2 is 1.65 bits per heavy atom. The van der Waals surface area contributed by atoms with Crippen LogP contribution < -0.4 is 5.01 Å². The van der Waals surface area contributed by atoms with Crippen LogP contribution in [0.3, 0.4) is 0 Å². The second-order valence-corrected chi connectivity index (χ2v) is 6.67. The topological polar surface area (TPSA) is 61.4 Å². The molecule has 10 heteroatoms. The third-order valence-electron chi connectivity index (χ3n) is 4.82. The van der Waals surface area contributed by atoms with Crippen molar-refractivity contribution in [2.24, 2.45) is 5.10 Å². The lowest BCUT2D eigenvalue weighted by atomic mass is 10.1. The van der Waals surface area contributed by atoms with Crippen LogP contribution in [0.25, 0.3) is 17.0 Å². The molecule has 0 N–H and O–H groups in total. The molecule has 0 saturated carbocycles. The normalized spacial score (nSPS) is 15.1. The smallest absolute Gasteiger partial charge is 0.280 e. The summed E-state index contributed by atoms with van der Waals surface area (Å²) in [5.41, 5.74) is -0.290. The van der Waals surface area contributed by atoms with Crippen molar-refractivity contribution in [3.63, 3.8) is 0 Å². The van der Waals surface area contributed by atoms with Crippen molar-refractivity contribution >= 4 is 34.3 Å². The van der Waals surface area contributed by atoms with Gasteiger partial charge < -0.3 is 4.57 Å². The number of carbonyl (C=O) groups excluding carboxylic acids is 1. The van der Waals surface area contributed by atoms with Gasteiger partial charge in [-0.05, 0) is 19.1 Å². The fourth-order valence-electron chi connectivity index (χ4n) is 3.37. The Kier molecular flexibility index (Phi) is 4.81. The molecule has 1 aliphatic rings. The van der Waals surface area contributed by atoms with Crippen LogP contribution in [0.2, 0.25) is 0 Å². The van der Waals surface area contributed by atoms with Gasteiger partial charge in [-0.25, -0.2) is 22.0 Å². The highest BCUT2D eigenvalue weighted by molar-refractivity contribution is 6.32. The van der Waals surface area contributed by atoms with Crippen LogP contribution in [0, 0.1) is 40.4 Å². The Balaban J connectivity index is 1.83. The number of rotatable bonds is 3.